The van der Waals surface area contributed by atoms with Gasteiger partial charge in [-0.3, -0.25) is 4.40 Å². The lowest BCUT2D eigenvalue weighted by atomic mass is 10.2. The van der Waals surface area contributed by atoms with Crippen LogP contribution in [0.25, 0.3) is 17.2 Å². The van der Waals surface area contributed by atoms with E-state index < -0.39 is 0 Å². The molecule has 0 aromatic carbocycles. The van der Waals surface area contributed by atoms with Crippen LogP contribution in [-0.4, -0.2) is 24.3 Å². The summed E-state index contributed by atoms with van der Waals surface area (Å²) in [6.45, 7) is 3.94. The number of anilines is 1. The summed E-state index contributed by atoms with van der Waals surface area (Å²) in [5.41, 5.74) is 9.11. The number of nitrogens with zero attached hydrogens (tertiary/aromatic N) is 5. The second-order valence-corrected chi connectivity index (χ2v) is 4.04. The molecule has 88 valence electrons. The molecule has 3 rings (SSSR count). The fraction of sp³-hybridized carbons (Fsp3) is 0.300. The van der Waals surface area contributed by atoms with Gasteiger partial charge < -0.3 is 10.3 Å². The minimum Gasteiger partial charge on any atom is -0.379 e. The Morgan fingerprint density at radius 3 is 2.65 bits per heavy atom. The second kappa shape index (κ2) is 3.09. The quantitative estimate of drug-likeness (QED) is 0.674. The van der Waals surface area contributed by atoms with Crippen molar-refractivity contribution in [1.29, 1.82) is 0 Å². The Morgan fingerprint density at radius 1 is 1.29 bits per heavy atom. The van der Waals surface area contributed by atoms with E-state index in [1.54, 1.807) is 0 Å². The van der Waals surface area contributed by atoms with Crippen LogP contribution in [0, 0.1) is 13.8 Å². The highest BCUT2D eigenvalue weighted by atomic mass is 16.6. The zero-order valence-corrected chi connectivity index (χ0v) is 9.80. The number of hydrogen-bond acceptors (Lipinski definition) is 5. The van der Waals surface area contributed by atoms with Gasteiger partial charge in [0.15, 0.2) is 11.5 Å². The number of nitrogens with two attached hydrogens (primary N) is 1. The highest BCUT2D eigenvalue weighted by Gasteiger charge is 2.20. The predicted molar refractivity (Wildman–Crippen MR) is 61.3 cm³/mol. The largest absolute Gasteiger partial charge is 0.379 e. The van der Waals surface area contributed by atoms with E-state index in [4.69, 9.17) is 5.73 Å². The van der Waals surface area contributed by atoms with Gasteiger partial charge in [-0.05, 0) is 24.2 Å². The molecule has 0 radical (unpaired) electrons. The minimum absolute atomic E-state index is 0.286. The van der Waals surface area contributed by atoms with E-state index in [1.807, 2.05) is 36.1 Å². The first kappa shape index (κ1) is 9.88. The Kier molecular flexibility index (Phi) is 1.80. The molecule has 7 heteroatoms. The number of nitrogen functional groups attached to an aromatic ring is 1. The summed E-state index contributed by atoms with van der Waals surface area (Å²) in [5, 5.41) is 7.43. The van der Waals surface area contributed by atoms with Crippen LogP contribution in [0.4, 0.5) is 5.82 Å². The number of imidazole rings is 2. The lowest BCUT2D eigenvalue weighted by Gasteiger charge is -1.99. The predicted octanol–water partition coefficient (Wildman–Crippen LogP) is 0.922. The van der Waals surface area contributed by atoms with Crippen molar-refractivity contribution < 1.29 is 4.63 Å². The van der Waals surface area contributed by atoms with Crippen LogP contribution in [0.5, 0.6) is 0 Å². The van der Waals surface area contributed by atoms with Gasteiger partial charge in [0, 0.05) is 18.9 Å². The molecule has 0 spiro atoms. The summed E-state index contributed by atoms with van der Waals surface area (Å²) < 4.78 is 8.57. The van der Waals surface area contributed by atoms with Gasteiger partial charge in [0.2, 0.25) is 5.78 Å². The molecule has 0 saturated carbocycles. The SMILES string of the molecule is Cc1cn2c(C)c(-c3nonc3N)n(C)c2n1. The molecule has 0 fully saturated rings. The van der Waals surface area contributed by atoms with E-state index in [-0.39, 0.29) is 5.82 Å². The monoisotopic (exact) mass is 232 g/mol. The highest BCUT2D eigenvalue weighted by molar-refractivity contribution is 5.70. The summed E-state index contributed by atoms with van der Waals surface area (Å²) in [6.07, 6.45) is 1.97. The molecule has 0 saturated heterocycles. The Labute approximate surface area is 96.8 Å². The standard InChI is InChI=1S/C10H12N6O/c1-5-4-16-6(2)8(15(3)10(16)12-5)7-9(11)14-17-13-7/h4H,1-3H3,(H2,11,14). The summed E-state index contributed by atoms with van der Waals surface area (Å²) in [7, 11) is 1.91. The molecule has 0 amide bonds. The summed E-state index contributed by atoms with van der Waals surface area (Å²) in [6, 6.07) is 0. The molecule has 0 bridgehead atoms. The molecular weight excluding hydrogens is 220 g/mol. The second-order valence-electron chi connectivity index (χ2n) is 4.04. The molecule has 3 aromatic rings. The van der Waals surface area contributed by atoms with Crippen molar-refractivity contribution in [2.24, 2.45) is 7.05 Å². The number of rotatable bonds is 1. The van der Waals surface area contributed by atoms with E-state index >= 15 is 0 Å². The van der Waals surface area contributed by atoms with Crippen LogP contribution in [0.2, 0.25) is 0 Å². The van der Waals surface area contributed by atoms with Crippen LogP contribution in [0.3, 0.4) is 0 Å². The molecule has 3 aromatic heterocycles. The normalized spacial score (nSPS) is 11.5. The third-order valence-electron chi connectivity index (χ3n) is 2.89. The van der Waals surface area contributed by atoms with E-state index in [2.05, 4.69) is 19.9 Å². The van der Waals surface area contributed by atoms with Gasteiger partial charge in [-0.2, -0.15) is 0 Å². The summed E-state index contributed by atoms with van der Waals surface area (Å²) >= 11 is 0. The van der Waals surface area contributed by atoms with Crippen molar-refractivity contribution in [2.75, 3.05) is 5.73 Å². The molecule has 0 aliphatic carbocycles. The zero-order valence-electron chi connectivity index (χ0n) is 9.80. The Balaban J connectivity index is 2.38. The molecule has 0 unspecified atom stereocenters. The number of hydrogen-bond donors (Lipinski definition) is 1. The van der Waals surface area contributed by atoms with Crippen LogP contribution in [-0.2, 0) is 7.05 Å². The molecule has 2 N–H and O–H groups in total. The Bertz CT molecular complexity index is 666. The third kappa shape index (κ3) is 1.19. The topological polar surface area (TPSA) is 87.2 Å². The van der Waals surface area contributed by atoms with Crippen molar-refractivity contribution in [2.45, 2.75) is 13.8 Å². The molecule has 0 atom stereocenters. The van der Waals surface area contributed by atoms with Crippen molar-refractivity contribution in [1.82, 2.24) is 24.3 Å². The maximum Gasteiger partial charge on any atom is 0.214 e. The van der Waals surface area contributed by atoms with Gasteiger partial charge in [-0.25, -0.2) is 9.61 Å². The maximum absolute atomic E-state index is 5.72. The first-order valence-electron chi connectivity index (χ1n) is 5.19. The van der Waals surface area contributed by atoms with Crippen molar-refractivity contribution in [3.8, 4) is 11.4 Å². The van der Waals surface area contributed by atoms with Crippen molar-refractivity contribution >= 4 is 11.6 Å². The molecule has 0 aliphatic heterocycles. The van der Waals surface area contributed by atoms with Gasteiger partial charge >= 0.3 is 0 Å². The first-order chi connectivity index (χ1) is 8.09. The molecule has 0 aliphatic rings. The van der Waals surface area contributed by atoms with Crippen LogP contribution in [0.1, 0.15) is 11.4 Å². The van der Waals surface area contributed by atoms with E-state index in [0.29, 0.717) is 5.69 Å². The average molecular weight is 232 g/mol. The lowest BCUT2D eigenvalue weighted by Crippen LogP contribution is -1.97. The maximum atomic E-state index is 5.72. The van der Waals surface area contributed by atoms with Crippen molar-refractivity contribution in [3.05, 3.63) is 17.6 Å². The fourth-order valence-electron chi connectivity index (χ4n) is 2.12. The summed E-state index contributed by atoms with van der Waals surface area (Å²) in [4.78, 5) is 4.44. The molecule has 7 nitrogen and oxygen atoms in total. The fourth-order valence-corrected chi connectivity index (χ4v) is 2.12. The van der Waals surface area contributed by atoms with Crippen LogP contribution >= 0.6 is 0 Å². The minimum atomic E-state index is 0.286. The van der Waals surface area contributed by atoms with Gasteiger partial charge in [0.05, 0.1) is 11.4 Å². The van der Waals surface area contributed by atoms with Gasteiger partial charge in [-0.15, -0.1) is 0 Å². The first-order valence-corrected chi connectivity index (χ1v) is 5.19. The molecule has 3 heterocycles. The van der Waals surface area contributed by atoms with Crippen molar-refractivity contribution in [3.63, 3.8) is 0 Å². The third-order valence-corrected chi connectivity index (χ3v) is 2.89. The zero-order chi connectivity index (χ0) is 12.2. The smallest absolute Gasteiger partial charge is 0.214 e. The summed E-state index contributed by atoms with van der Waals surface area (Å²) in [5.74, 6) is 1.13. The van der Waals surface area contributed by atoms with E-state index in [0.717, 1.165) is 22.9 Å². The van der Waals surface area contributed by atoms with Crippen LogP contribution in [0.15, 0.2) is 10.8 Å². The Hall–Kier alpha value is -2.31. The molecular formula is C10H12N6O. The van der Waals surface area contributed by atoms with Gasteiger partial charge in [0.1, 0.15) is 0 Å². The highest BCUT2D eigenvalue weighted by Crippen LogP contribution is 2.28. The van der Waals surface area contributed by atoms with E-state index in [1.165, 1.54) is 0 Å². The Morgan fingerprint density at radius 2 is 2.06 bits per heavy atom. The lowest BCUT2D eigenvalue weighted by molar-refractivity contribution is 0.310. The number of fused-ring (bicyclic) bond motifs is 1. The molecule has 17 heavy (non-hydrogen) atoms. The number of aryl methyl sites for hydroxylation is 3. The van der Waals surface area contributed by atoms with Gasteiger partial charge in [0.25, 0.3) is 0 Å². The van der Waals surface area contributed by atoms with Gasteiger partial charge in [-0.1, -0.05) is 0 Å². The van der Waals surface area contributed by atoms with E-state index in [9.17, 15) is 0 Å². The average Bonchev–Trinajstić information content (AvgIpc) is 2.90. The number of aromatic nitrogens is 5. The van der Waals surface area contributed by atoms with Crippen LogP contribution < -0.4 is 5.73 Å².